The number of rotatable bonds is 0. The van der Waals surface area contributed by atoms with Crippen molar-refractivity contribution in [2.75, 3.05) is 0 Å². The van der Waals surface area contributed by atoms with Crippen molar-refractivity contribution in [2.24, 2.45) is 0 Å². The summed E-state index contributed by atoms with van der Waals surface area (Å²) in [6, 6.07) is 12.6. The zero-order valence-corrected chi connectivity index (χ0v) is 7.79. The highest BCUT2D eigenvalue weighted by Gasteiger charge is 2.16. The standard InChI is InChI=1S/C13H6FN/c14-13-4-2-9-6-12(13)11-3-1-8(9)5-10(11)7-15/h1-6H. The molecule has 0 radical (unpaired) electrons. The predicted molar refractivity (Wildman–Crippen MR) is 55.5 cm³/mol. The topological polar surface area (TPSA) is 23.8 Å². The van der Waals surface area contributed by atoms with Crippen LogP contribution in [0.3, 0.4) is 0 Å². The van der Waals surface area contributed by atoms with Gasteiger partial charge in [0, 0.05) is 11.1 Å². The van der Waals surface area contributed by atoms with Crippen LogP contribution >= 0.6 is 0 Å². The average Bonchev–Trinajstić information content (AvgIpc) is 2.50. The highest BCUT2D eigenvalue weighted by molar-refractivity contribution is 5.83. The van der Waals surface area contributed by atoms with E-state index in [0.717, 1.165) is 11.1 Å². The van der Waals surface area contributed by atoms with Gasteiger partial charge >= 0.3 is 0 Å². The first-order valence-electron chi connectivity index (χ1n) is 4.64. The zero-order chi connectivity index (χ0) is 10.4. The van der Waals surface area contributed by atoms with Crippen LogP contribution in [0.2, 0.25) is 0 Å². The van der Waals surface area contributed by atoms with Gasteiger partial charge in [-0.1, -0.05) is 18.2 Å². The van der Waals surface area contributed by atoms with Crippen molar-refractivity contribution in [3.8, 4) is 28.3 Å². The molecule has 2 aliphatic carbocycles. The lowest BCUT2D eigenvalue weighted by atomic mass is 10.0. The number of hydrogen-bond acceptors (Lipinski definition) is 1. The van der Waals surface area contributed by atoms with Gasteiger partial charge in [-0.3, -0.25) is 0 Å². The number of hydrogen-bond donors (Lipinski definition) is 0. The Morgan fingerprint density at radius 1 is 0.933 bits per heavy atom. The summed E-state index contributed by atoms with van der Waals surface area (Å²) >= 11 is 0. The van der Waals surface area contributed by atoms with Crippen LogP contribution in [0, 0.1) is 17.1 Å². The van der Waals surface area contributed by atoms with Gasteiger partial charge in [-0.25, -0.2) is 4.39 Å². The minimum atomic E-state index is -0.275. The molecule has 15 heavy (non-hydrogen) atoms. The summed E-state index contributed by atoms with van der Waals surface area (Å²) in [6.07, 6.45) is 0. The highest BCUT2D eigenvalue weighted by atomic mass is 19.1. The normalized spacial score (nSPS) is 10.9. The summed E-state index contributed by atoms with van der Waals surface area (Å²) in [7, 11) is 0. The lowest BCUT2D eigenvalue weighted by Crippen LogP contribution is -1.84. The van der Waals surface area contributed by atoms with Gasteiger partial charge in [0.05, 0.1) is 11.6 Å². The van der Waals surface area contributed by atoms with Gasteiger partial charge in [-0.2, -0.15) is 5.26 Å². The largest absolute Gasteiger partial charge is 0.206 e. The first kappa shape index (κ1) is 8.19. The Balaban J connectivity index is 2.51. The van der Waals surface area contributed by atoms with Crippen molar-refractivity contribution >= 4 is 0 Å². The fourth-order valence-electron chi connectivity index (χ4n) is 1.96. The Morgan fingerprint density at radius 2 is 1.67 bits per heavy atom. The maximum Gasteiger partial charge on any atom is 0.131 e. The van der Waals surface area contributed by atoms with Gasteiger partial charge in [0.1, 0.15) is 5.82 Å². The molecule has 0 saturated carbocycles. The Morgan fingerprint density at radius 3 is 2.47 bits per heavy atom. The van der Waals surface area contributed by atoms with Crippen LogP contribution in [0.15, 0.2) is 36.4 Å². The monoisotopic (exact) mass is 195 g/mol. The van der Waals surface area contributed by atoms with Crippen LogP contribution in [-0.4, -0.2) is 0 Å². The second-order valence-corrected chi connectivity index (χ2v) is 3.57. The molecule has 2 aromatic rings. The molecule has 0 atom stereocenters. The molecule has 1 nitrogen and oxygen atoms in total. The van der Waals surface area contributed by atoms with E-state index in [4.69, 9.17) is 5.26 Å². The van der Waals surface area contributed by atoms with E-state index in [1.54, 1.807) is 24.3 Å². The van der Waals surface area contributed by atoms with Gasteiger partial charge in [0.15, 0.2) is 0 Å². The molecule has 0 N–H and O–H groups in total. The van der Waals surface area contributed by atoms with Crippen molar-refractivity contribution in [1.82, 2.24) is 0 Å². The number of nitriles is 1. The maximum absolute atomic E-state index is 13.5. The second-order valence-electron chi connectivity index (χ2n) is 3.57. The van der Waals surface area contributed by atoms with E-state index in [-0.39, 0.29) is 5.82 Å². The number of fused-ring (bicyclic) bond motifs is 2. The van der Waals surface area contributed by atoms with Crippen LogP contribution < -0.4 is 0 Å². The molecule has 4 rings (SSSR count). The van der Waals surface area contributed by atoms with E-state index >= 15 is 0 Å². The van der Waals surface area contributed by atoms with Gasteiger partial charge in [-0.15, -0.1) is 0 Å². The minimum Gasteiger partial charge on any atom is -0.206 e. The molecule has 2 heteroatoms. The molecule has 70 valence electrons. The van der Waals surface area contributed by atoms with Crippen molar-refractivity contribution in [3.05, 3.63) is 47.8 Å². The van der Waals surface area contributed by atoms with Gasteiger partial charge in [0.25, 0.3) is 0 Å². The lowest BCUT2D eigenvalue weighted by molar-refractivity contribution is 0.631. The third kappa shape index (κ3) is 1.01. The summed E-state index contributed by atoms with van der Waals surface area (Å²) in [5.74, 6) is -0.275. The summed E-state index contributed by atoms with van der Waals surface area (Å²) in [5, 5.41) is 8.97. The van der Waals surface area contributed by atoms with Crippen LogP contribution in [0.5, 0.6) is 0 Å². The molecule has 0 spiro atoms. The molecule has 0 heterocycles. The maximum atomic E-state index is 13.5. The first-order valence-corrected chi connectivity index (χ1v) is 4.64. The quantitative estimate of drug-likeness (QED) is 0.539. The summed E-state index contributed by atoms with van der Waals surface area (Å²) in [4.78, 5) is 0. The van der Waals surface area contributed by atoms with Gasteiger partial charge in [-0.05, 0) is 29.3 Å². The lowest BCUT2D eigenvalue weighted by Gasteiger charge is -2.01. The molecule has 4 bridgehead atoms. The SMILES string of the molecule is N#Cc1cc2ccc1-c1cc-2ccc1F. The summed E-state index contributed by atoms with van der Waals surface area (Å²) in [5.41, 5.74) is 3.66. The van der Waals surface area contributed by atoms with Crippen molar-refractivity contribution in [3.63, 3.8) is 0 Å². The Hall–Kier alpha value is -2.14. The van der Waals surface area contributed by atoms with E-state index in [0.29, 0.717) is 16.7 Å². The summed E-state index contributed by atoms with van der Waals surface area (Å²) in [6.45, 7) is 0. The molecule has 0 unspecified atom stereocenters. The Bertz CT molecular complexity index is 608. The van der Waals surface area contributed by atoms with E-state index in [1.165, 1.54) is 6.07 Å². The molecule has 2 aromatic carbocycles. The van der Waals surface area contributed by atoms with E-state index < -0.39 is 0 Å². The average molecular weight is 195 g/mol. The first-order chi connectivity index (χ1) is 7.29. The highest BCUT2D eigenvalue weighted by Crippen LogP contribution is 2.36. The number of halogens is 1. The fourth-order valence-corrected chi connectivity index (χ4v) is 1.96. The minimum absolute atomic E-state index is 0.275. The predicted octanol–water partition coefficient (Wildman–Crippen LogP) is 3.34. The smallest absolute Gasteiger partial charge is 0.131 e. The van der Waals surface area contributed by atoms with Crippen LogP contribution in [-0.2, 0) is 0 Å². The van der Waals surface area contributed by atoms with Crippen molar-refractivity contribution in [1.29, 1.82) is 5.26 Å². The molecule has 0 aliphatic heterocycles. The number of benzene rings is 2. The summed E-state index contributed by atoms with van der Waals surface area (Å²) < 4.78 is 13.5. The fraction of sp³-hybridized carbons (Fsp3) is 0. The third-order valence-electron chi connectivity index (χ3n) is 2.73. The van der Waals surface area contributed by atoms with E-state index in [2.05, 4.69) is 6.07 Å². The van der Waals surface area contributed by atoms with Crippen LogP contribution in [0.1, 0.15) is 5.56 Å². The van der Waals surface area contributed by atoms with Gasteiger partial charge < -0.3 is 0 Å². The molecule has 0 saturated heterocycles. The van der Waals surface area contributed by atoms with Crippen LogP contribution in [0.4, 0.5) is 4.39 Å². The molecule has 0 fully saturated rings. The second kappa shape index (κ2) is 2.68. The Kier molecular flexibility index (Phi) is 1.46. The van der Waals surface area contributed by atoms with E-state index in [9.17, 15) is 4.39 Å². The molecular weight excluding hydrogens is 189 g/mol. The third-order valence-corrected chi connectivity index (χ3v) is 2.73. The Labute approximate surface area is 86.4 Å². The van der Waals surface area contributed by atoms with Gasteiger partial charge in [0.2, 0.25) is 0 Å². The zero-order valence-electron chi connectivity index (χ0n) is 7.79. The molecule has 0 aromatic heterocycles. The van der Waals surface area contributed by atoms with Crippen LogP contribution in [0.25, 0.3) is 22.3 Å². The van der Waals surface area contributed by atoms with E-state index in [1.807, 2.05) is 6.07 Å². The molecular formula is C13H6FN. The molecule has 0 amide bonds. The number of nitrogens with zero attached hydrogens (tertiary/aromatic N) is 1. The molecule has 2 aliphatic rings. The van der Waals surface area contributed by atoms with Crippen molar-refractivity contribution in [2.45, 2.75) is 0 Å². The van der Waals surface area contributed by atoms with Crippen molar-refractivity contribution < 1.29 is 4.39 Å².